The molecule has 10 heteroatoms. The molecule has 10 nitrogen and oxygen atoms in total. The molecule has 35 heavy (non-hydrogen) atoms. The third-order valence-corrected chi connectivity index (χ3v) is 7.71. The molecule has 190 valence electrons. The Hall–Kier alpha value is -2.56. The lowest BCUT2D eigenvalue weighted by Gasteiger charge is -2.32. The number of ether oxygens (including phenoxy) is 1. The maximum Gasteiger partial charge on any atom is 0.269 e. The number of hydrogen-bond donors (Lipinski definition) is 1. The standard InChI is InChI=1S/C25H35N5O5/c31-24(19-5-6-19)29-16-21(14-23(29)25(32)27-11-9-26-10-12-27)28(17-22-2-1-13-35-22)15-18-3-7-20(8-4-18)30(33)34/h3-4,7-8,19,21-23,26H,1-2,5-6,9-17H2. The Morgan fingerprint density at radius 1 is 1.11 bits per heavy atom. The van der Waals surface area contributed by atoms with Gasteiger partial charge in [0.15, 0.2) is 0 Å². The van der Waals surface area contributed by atoms with E-state index in [4.69, 9.17) is 4.74 Å². The highest BCUT2D eigenvalue weighted by Crippen LogP contribution is 2.35. The van der Waals surface area contributed by atoms with Crippen molar-refractivity contribution in [1.29, 1.82) is 0 Å². The van der Waals surface area contributed by atoms with E-state index in [9.17, 15) is 19.7 Å². The largest absolute Gasteiger partial charge is 0.377 e. The molecule has 0 bridgehead atoms. The lowest BCUT2D eigenvalue weighted by atomic mass is 10.1. The van der Waals surface area contributed by atoms with Gasteiger partial charge in [0, 0.05) is 76.5 Å². The average molecular weight is 486 g/mol. The molecule has 4 fully saturated rings. The molecule has 3 atom stereocenters. The van der Waals surface area contributed by atoms with E-state index in [1.165, 1.54) is 12.1 Å². The van der Waals surface area contributed by atoms with Crippen LogP contribution in [0, 0.1) is 16.0 Å². The lowest BCUT2D eigenvalue weighted by Crippen LogP contribution is -2.53. The number of likely N-dealkylation sites (tertiary alicyclic amines) is 1. The first-order valence-electron chi connectivity index (χ1n) is 12.9. The monoisotopic (exact) mass is 485 g/mol. The highest BCUT2D eigenvalue weighted by atomic mass is 16.6. The SMILES string of the molecule is O=C(C1CC(N(Cc2ccc([N+](=O)[O-])cc2)CC2CCCO2)CN1C(=O)C1CC1)N1CCNCC1. The van der Waals surface area contributed by atoms with Gasteiger partial charge in [-0.05, 0) is 37.7 Å². The molecule has 1 aromatic rings. The molecule has 0 radical (unpaired) electrons. The van der Waals surface area contributed by atoms with Gasteiger partial charge < -0.3 is 19.9 Å². The van der Waals surface area contributed by atoms with Gasteiger partial charge >= 0.3 is 0 Å². The zero-order valence-electron chi connectivity index (χ0n) is 20.1. The second-order valence-electron chi connectivity index (χ2n) is 10.2. The molecule has 1 saturated carbocycles. The quantitative estimate of drug-likeness (QED) is 0.438. The van der Waals surface area contributed by atoms with Gasteiger partial charge in [0.1, 0.15) is 6.04 Å². The van der Waals surface area contributed by atoms with Crippen molar-refractivity contribution >= 4 is 17.5 Å². The number of amides is 2. The van der Waals surface area contributed by atoms with E-state index in [-0.39, 0.29) is 35.6 Å². The average Bonchev–Trinajstić information content (AvgIpc) is 3.42. The van der Waals surface area contributed by atoms with Crippen molar-refractivity contribution in [3.63, 3.8) is 0 Å². The van der Waals surface area contributed by atoms with E-state index in [1.54, 1.807) is 12.1 Å². The fourth-order valence-electron chi connectivity index (χ4n) is 5.57. The molecule has 0 spiro atoms. The van der Waals surface area contributed by atoms with Gasteiger partial charge in [0.25, 0.3) is 5.69 Å². The summed E-state index contributed by atoms with van der Waals surface area (Å²) in [6.07, 6.45) is 4.60. The van der Waals surface area contributed by atoms with Crippen LogP contribution in [0.25, 0.3) is 0 Å². The first-order chi connectivity index (χ1) is 17.0. The number of benzene rings is 1. The molecule has 1 aromatic carbocycles. The van der Waals surface area contributed by atoms with E-state index in [2.05, 4.69) is 10.2 Å². The van der Waals surface area contributed by atoms with Gasteiger partial charge in [0.2, 0.25) is 11.8 Å². The van der Waals surface area contributed by atoms with Crippen molar-refractivity contribution in [3.8, 4) is 0 Å². The van der Waals surface area contributed by atoms with Crippen LogP contribution < -0.4 is 5.32 Å². The van der Waals surface area contributed by atoms with Crippen LogP contribution in [0.2, 0.25) is 0 Å². The van der Waals surface area contributed by atoms with Crippen LogP contribution in [0.15, 0.2) is 24.3 Å². The minimum Gasteiger partial charge on any atom is -0.377 e. The number of nitro benzene ring substituents is 1. The molecule has 1 N–H and O–H groups in total. The van der Waals surface area contributed by atoms with Crippen LogP contribution in [-0.2, 0) is 20.9 Å². The third-order valence-electron chi connectivity index (χ3n) is 7.71. The Labute approximate surface area is 205 Å². The number of nitrogens with zero attached hydrogens (tertiary/aromatic N) is 4. The van der Waals surface area contributed by atoms with E-state index in [1.807, 2.05) is 9.80 Å². The van der Waals surface area contributed by atoms with Crippen molar-refractivity contribution in [2.75, 3.05) is 45.9 Å². The van der Waals surface area contributed by atoms with Crippen molar-refractivity contribution in [1.82, 2.24) is 20.0 Å². The fraction of sp³-hybridized carbons (Fsp3) is 0.680. The van der Waals surface area contributed by atoms with Gasteiger partial charge in [-0.2, -0.15) is 0 Å². The second kappa shape index (κ2) is 10.6. The zero-order chi connectivity index (χ0) is 24.4. The van der Waals surface area contributed by atoms with E-state index in [0.29, 0.717) is 32.6 Å². The highest BCUT2D eigenvalue weighted by molar-refractivity contribution is 5.90. The Morgan fingerprint density at radius 2 is 1.86 bits per heavy atom. The maximum atomic E-state index is 13.5. The van der Waals surface area contributed by atoms with Gasteiger partial charge in [-0.3, -0.25) is 24.6 Å². The predicted octanol–water partition coefficient (Wildman–Crippen LogP) is 1.39. The Morgan fingerprint density at radius 3 is 2.49 bits per heavy atom. The van der Waals surface area contributed by atoms with E-state index in [0.717, 1.165) is 57.5 Å². The summed E-state index contributed by atoms with van der Waals surface area (Å²) in [4.78, 5) is 43.5. The minimum absolute atomic E-state index is 0.0361. The molecule has 1 aliphatic carbocycles. The number of rotatable bonds is 8. The van der Waals surface area contributed by atoms with Crippen LogP contribution in [0.4, 0.5) is 5.69 Å². The molecule has 2 amide bonds. The summed E-state index contributed by atoms with van der Waals surface area (Å²) in [5.41, 5.74) is 1.05. The molecule has 3 heterocycles. The molecule has 3 aliphatic heterocycles. The van der Waals surface area contributed by atoms with Crippen molar-refractivity contribution < 1.29 is 19.2 Å². The number of nitro groups is 1. The second-order valence-corrected chi connectivity index (χ2v) is 10.2. The summed E-state index contributed by atoms with van der Waals surface area (Å²) in [5, 5.41) is 14.4. The van der Waals surface area contributed by atoms with Gasteiger partial charge in [0.05, 0.1) is 11.0 Å². The topological polar surface area (TPSA) is 108 Å². The highest BCUT2D eigenvalue weighted by Gasteiger charge is 2.47. The number of nitrogens with one attached hydrogen (secondary N) is 1. The number of non-ortho nitro benzene ring substituents is 1. The molecule has 3 unspecified atom stereocenters. The molecule has 5 rings (SSSR count). The number of piperazine rings is 1. The molecular formula is C25H35N5O5. The predicted molar refractivity (Wildman–Crippen MR) is 129 cm³/mol. The van der Waals surface area contributed by atoms with Gasteiger partial charge in [-0.25, -0.2) is 0 Å². The van der Waals surface area contributed by atoms with Crippen molar-refractivity contribution in [2.45, 2.75) is 56.8 Å². The smallest absolute Gasteiger partial charge is 0.269 e. The zero-order valence-corrected chi connectivity index (χ0v) is 20.1. The van der Waals surface area contributed by atoms with Crippen LogP contribution in [0.5, 0.6) is 0 Å². The Balaban J connectivity index is 1.35. The normalized spacial score (nSPS) is 26.9. The summed E-state index contributed by atoms with van der Waals surface area (Å²) in [5.74, 6) is 0.247. The van der Waals surface area contributed by atoms with Crippen LogP contribution >= 0.6 is 0 Å². The van der Waals surface area contributed by atoms with Crippen LogP contribution in [0.3, 0.4) is 0 Å². The summed E-state index contributed by atoms with van der Waals surface area (Å²) >= 11 is 0. The Kier molecular flexibility index (Phi) is 7.31. The van der Waals surface area contributed by atoms with Crippen molar-refractivity contribution in [2.24, 2.45) is 5.92 Å². The summed E-state index contributed by atoms with van der Waals surface area (Å²) in [7, 11) is 0. The summed E-state index contributed by atoms with van der Waals surface area (Å²) in [6, 6.07) is 6.28. The molecule has 3 saturated heterocycles. The summed E-state index contributed by atoms with van der Waals surface area (Å²) in [6.45, 7) is 5.54. The van der Waals surface area contributed by atoms with E-state index < -0.39 is 11.0 Å². The molecule has 0 aromatic heterocycles. The number of carbonyl (C=O) groups excluding carboxylic acids is 2. The molecular weight excluding hydrogens is 450 g/mol. The lowest BCUT2D eigenvalue weighted by molar-refractivity contribution is -0.384. The minimum atomic E-state index is -0.421. The first-order valence-corrected chi connectivity index (χ1v) is 12.9. The fourth-order valence-corrected chi connectivity index (χ4v) is 5.57. The van der Waals surface area contributed by atoms with Crippen molar-refractivity contribution in [3.05, 3.63) is 39.9 Å². The van der Waals surface area contributed by atoms with Crippen LogP contribution in [-0.4, -0.2) is 95.5 Å². The van der Waals surface area contributed by atoms with E-state index >= 15 is 0 Å². The summed E-state index contributed by atoms with van der Waals surface area (Å²) < 4.78 is 5.93. The van der Waals surface area contributed by atoms with Gasteiger partial charge in [-0.15, -0.1) is 0 Å². The third kappa shape index (κ3) is 5.65. The Bertz CT molecular complexity index is 925. The van der Waals surface area contributed by atoms with Crippen LogP contribution in [0.1, 0.15) is 37.7 Å². The number of carbonyl (C=O) groups is 2. The maximum absolute atomic E-state index is 13.5. The van der Waals surface area contributed by atoms with Gasteiger partial charge in [-0.1, -0.05) is 12.1 Å². The first kappa shape index (κ1) is 24.1. The number of hydrogen-bond acceptors (Lipinski definition) is 7. The molecule has 4 aliphatic rings.